The highest BCUT2D eigenvalue weighted by Crippen LogP contribution is 2.24. The zero-order valence-corrected chi connectivity index (χ0v) is 11.3. The lowest BCUT2D eigenvalue weighted by Gasteiger charge is -2.10. The molecule has 0 saturated carbocycles. The third-order valence-corrected chi connectivity index (χ3v) is 3.46. The molecule has 2 atom stereocenters. The molecule has 0 aliphatic carbocycles. The van der Waals surface area contributed by atoms with Gasteiger partial charge in [0.05, 0.1) is 13.2 Å². The van der Waals surface area contributed by atoms with Crippen LogP contribution in [0, 0.1) is 0 Å². The van der Waals surface area contributed by atoms with E-state index >= 15 is 0 Å². The molecule has 3 saturated heterocycles. The second kappa shape index (κ2) is 7.48. The number of ether oxygens (including phenoxy) is 3. The van der Waals surface area contributed by atoms with Crippen molar-refractivity contribution in [2.75, 3.05) is 13.2 Å². The van der Waals surface area contributed by atoms with Crippen molar-refractivity contribution in [3.63, 3.8) is 0 Å². The normalized spacial score (nSPS) is 30.9. The van der Waals surface area contributed by atoms with Gasteiger partial charge in [0, 0.05) is 12.8 Å². The smallest absolute Gasteiger partial charge is 0.306 e. The Labute approximate surface area is 113 Å². The van der Waals surface area contributed by atoms with Crippen LogP contribution in [0.15, 0.2) is 0 Å². The average molecular weight is 270 g/mol. The van der Waals surface area contributed by atoms with Crippen molar-refractivity contribution < 1.29 is 23.8 Å². The minimum absolute atomic E-state index is 0.0255. The molecule has 108 valence electrons. The van der Waals surface area contributed by atoms with Crippen molar-refractivity contribution in [1.82, 2.24) is 0 Å². The Bertz CT molecular complexity index is 301. The zero-order valence-electron chi connectivity index (χ0n) is 11.3. The fourth-order valence-electron chi connectivity index (χ4n) is 2.24. The van der Waals surface area contributed by atoms with Gasteiger partial charge in [-0.15, -0.1) is 0 Å². The molecule has 19 heavy (non-hydrogen) atoms. The largest absolute Gasteiger partial charge is 0.466 e. The number of epoxide rings is 1. The molecule has 0 aromatic heterocycles. The van der Waals surface area contributed by atoms with E-state index < -0.39 is 0 Å². The lowest BCUT2D eigenvalue weighted by atomic mass is 10.1. The van der Waals surface area contributed by atoms with Crippen molar-refractivity contribution in [3.05, 3.63) is 0 Å². The number of hydrogen-bond acceptors (Lipinski definition) is 5. The Morgan fingerprint density at radius 3 is 2.37 bits per heavy atom. The van der Waals surface area contributed by atoms with Crippen molar-refractivity contribution in [3.8, 4) is 0 Å². The number of hydrogen-bond donors (Lipinski definition) is 0. The Hall–Kier alpha value is -1.10. The molecular weight excluding hydrogens is 248 g/mol. The standard InChI is InChI=1S/C8H12O3.C6H10O2/c9-8-4-2-1-3-6(11-8)7-5-10-7;7-6-4-2-1-3-5-8-6/h6-7H,1-5H2;1-5H2. The van der Waals surface area contributed by atoms with E-state index in [0.717, 1.165) is 45.1 Å². The summed E-state index contributed by atoms with van der Waals surface area (Å²) in [4.78, 5) is 21.4. The second-order valence-corrected chi connectivity index (χ2v) is 5.18. The van der Waals surface area contributed by atoms with Gasteiger partial charge in [0.15, 0.2) is 0 Å². The Kier molecular flexibility index (Phi) is 5.63. The molecular formula is C14H22O5. The van der Waals surface area contributed by atoms with Gasteiger partial charge in [0.25, 0.3) is 0 Å². The first-order valence-corrected chi connectivity index (χ1v) is 7.22. The summed E-state index contributed by atoms with van der Waals surface area (Å²) in [5, 5.41) is 0. The summed E-state index contributed by atoms with van der Waals surface area (Å²) in [6.45, 7) is 1.41. The van der Waals surface area contributed by atoms with E-state index in [-0.39, 0.29) is 24.1 Å². The SMILES string of the molecule is O=C1CCCCC(C2CO2)O1.O=C1CCCCCO1. The molecule has 0 spiro atoms. The van der Waals surface area contributed by atoms with E-state index in [2.05, 4.69) is 0 Å². The molecule has 3 heterocycles. The van der Waals surface area contributed by atoms with Gasteiger partial charge in [0.1, 0.15) is 12.2 Å². The Morgan fingerprint density at radius 2 is 1.58 bits per heavy atom. The molecule has 5 heteroatoms. The summed E-state index contributed by atoms with van der Waals surface area (Å²) >= 11 is 0. The maximum Gasteiger partial charge on any atom is 0.306 e. The van der Waals surface area contributed by atoms with Crippen molar-refractivity contribution in [1.29, 1.82) is 0 Å². The topological polar surface area (TPSA) is 65.1 Å². The molecule has 3 fully saturated rings. The van der Waals surface area contributed by atoms with Crippen molar-refractivity contribution >= 4 is 11.9 Å². The number of cyclic esters (lactones) is 2. The van der Waals surface area contributed by atoms with Gasteiger partial charge in [-0.05, 0) is 38.5 Å². The quantitative estimate of drug-likeness (QED) is 0.538. The summed E-state index contributed by atoms with van der Waals surface area (Å²) < 4.78 is 15.0. The van der Waals surface area contributed by atoms with Crippen LogP contribution in [0.5, 0.6) is 0 Å². The van der Waals surface area contributed by atoms with E-state index in [1.54, 1.807) is 0 Å². The lowest BCUT2D eigenvalue weighted by molar-refractivity contribution is -0.149. The number of carbonyl (C=O) groups is 2. The number of carbonyl (C=O) groups excluding carboxylic acids is 2. The highest BCUT2D eigenvalue weighted by molar-refractivity contribution is 5.70. The van der Waals surface area contributed by atoms with Gasteiger partial charge in [-0.2, -0.15) is 0 Å². The van der Waals surface area contributed by atoms with Crippen LogP contribution in [0.3, 0.4) is 0 Å². The van der Waals surface area contributed by atoms with Gasteiger partial charge < -0.3 is 14.2 Å². The third kappa shape index (κ3) is 5.59. The zero-order chi connectivity index (χ0) is 13.5. The van der Waals surface area contributed by atoms with Crippen molar-refractivity contribution in [2.45, 2.75) is 63.6 Å². The van der Waals surface area contributed by atoms with Crippen LogP contribution in [0.1, 0.15) is 51.4 Å². The predicted molar refractivity (Wildman–Crippen MR) is 67.5 cm³/mol. The molecule has 0 aromatic carbocycles. The van der Waals surface area contributed by atoms with Crippen LogP contribution in [-0.4, -0.2) is 37.4 Å². The summed E-state index contributed by atoms with van der Waals surface area (Å²) in [5.41, 5.74) is 0. The van der Waals surface area contributed by atoms with Crippen LogP contribution in [0.25, 0.3) is 0 Å². The fraction of sp³-hybridized carbons (Fsp3) is 0.857. The minimum atomic E-state index is -0.0528. The maximum atomic E-state index is 10.9. The Morgan fingerprint density at radius 1 is 0.842 bits per heavy atom. The van der Waals surface area contributed by atoms with Crippen LogP contribution in [0.4, 0.5) is 0 Å². The number of rotatable bonds is 1. The molecule has 3 rings (SSSR count). The van der Waals surface area contributed by atoms with E-state index in [9.17, 15) is 9.59 Å². The summed E-state index contributed by atoms with van der Waals surface area (Å²) in [7, 11) is 0. The van der Waals surface area contributed by atoms with E-state index in [4.69, 9.17) is 14.2 Å². The monoisotopic (exact) mass is 270 g/mol. The first-order chi connectivity index (χ1) is 9.25. The molecule has 0 N–H and O–H groups in total. The first-order valence-electron chi connectivity index (χ1n) is 7.22. The van der Waals surface area contributed by atoms with E-state index in [1.807, 2.05) is 0 Å². The van der Waals surface area contributed by atoms with Crippen LogP contribution < -0.4 is 0 Å². The van der Waals surface area contributed by atoms with Gasteiger partial charge in [-0.1, -0.05) is 0 Å². The first kappa shape index (κ1) is 14.3. The molecule has 2 unspecified atom stereocenters. The van der Waals surface area contributed by atoms with Gasteiger partial charge in [-0.25, -0.2) is 0 Å². The highest BCUT2D eigenvalue weighted by atomic mass is 16.6. The number of esters is 2. The molecule has 5 nitrogen and oxygen atoms in total. The molecule has 3 aliphatic heterocycles. The summed E-state index contributed by atoms with van der Waals surface area (Å²) in [6, 6.07) is 0. The van der Waals surface area contributed by atoms with Gasteiger partial charge in [0.2, 0.25) is 0 Å². The van der Waals surface area contributed by atoms with E-state index in [0.29, 0.717) is 19.4 Å². The van der Waals surface area contributed by atoms with E-state index in [1.165, 1.54) is 0 Å². The molecule has 0 radical (unpaired) electrons. The maximum absolute atomic E-state index is 10.9. The van der Waals surface area contributed by atoms with Gasteiger partial charge in [-0.3, -0.25) is 9.59 Å². The fourth-order valence-corrected chi connectivity index (χ4v) is 2.24. The minimum Gasteiger partial charge on any atom is -0.466 e. The lowest BCUT2D eigenvalue weighted by Crippen LogP contribution is -2.21. The predicted octanol–water partition coefficient (Wildman–Crippen LogP) is 1.97. The summed E-state index contributed by atoms with van der Waals surface area (Å²) in [5.74, 6) is -0.0782. The van der Waals surface area contributed by atoms with Crippen molar-refractivity contribution in [2.24, 2.45) is 0 Å². The van der Waals surface area contributed by atoms with Crippen LogP contribution in [0.2, 0.25) is 0 Å². The van der Waals surface area contributed by atoms with Crippen LogP contribution >= 0.6 is 0 Å². The van der Waals surface area contributed by atoms with Gasteiger partial charge >= 0.3 is 11.9 Å². The highest BCUT2D eigenvalue weighted by Gasteiger charge is 2.36. The molecule has 0 amide bonds. The molecule has 0 aromatic rings. The molecule has 0 bridgehead atoms. The summed E-state index contributed by atoms with van der Waals surface area (Å²) in [6.07, 6.45) is 7.75. The Balaban J connectivity index is 0.000000148. The second-order valence-electron chi connectivity index (χ2n) is 5.18. The third-order valence-electron chi connectivity index (χ3n) is 3.46. The van der Waals surface area contributed by atoms with Crippen LogP contribution in [-0.2, 0) is 23.8 Å². The average Bonchev–Trinajstić information content (AvgIpc) is 3.18. The molecule has 3 aliphatic rings.